The van der Waals surface area contributed by atoms with Crippen molar-refractivity contribution in [2.24, 2.45) is 11.8 Å². The summed E-state index contributed by atoms with van der Waals surface area (Å²) in [6, 6.07) is 0. The number of hydrogen-bond acceptors (Lipinski definition) is 3. The first-order chi connectivity index (χ1) is 7.30. The Kier molecular flexibility index (Phi) is 6.69. The summed E-state index contributed by atoms with van der Waals surface area (Å²) in [4.78, 5) is 2.59. The summed E-state index contributed by atoms with van der Waals surface area (Å²) in [5, 5.41) is 0. The monoisotopic (exact) mass is 231 g/mol. The summed E-state index contributed by atoms with van der Waals surface area (Å²) in [5.41, 5.74) is 0. The second kappa shape index (κ2) is 7.53. The number of ether oxygens (including phenoxy) is 1. The van der Waals surface area contributed by atoms with E-state index in [0.29, 0.717) is 0 Å². The lowest BCUT2D eigenvalue weighted by Gasteiger charge is -2.33. The van der Waals surface area contributed by atoms with Crippen molar-refractivity contribution in [1.82, 2.24) is 4.90 Å². The Morgan fingerprint density at radius 2 is 2.07 bits per heavy atom. The number of rotatable bonds is 6. The maximum Gasteiger partial charge on any atom is 0.0491 e. The molecule has 0 aromatic carbocycles. The lowest BCUT2D eigenvalue weighted by Crippen LogP contribution is -2.38. The van der Waals surface area contributed by atoms with E-state index in [2.05, 4.69) is 24.5 Å². The summed E-state index contributed by atoms with van der Waals surface area (Å²) in [5.74, 6) is 2.59. The van der Waals surface area contributed by atoms with Crippen LogP contribution in [0.3, 0.4) is 0 Å². The molecular formula is C12H25NOS. The van der Waals surface area contributed by atoms with Crippen LogP contribution in [0.25, 0.3) is 0 Å². The van der Waals surface area contributed by atoms with E-state index in [1.807, 2.05) is 0 Å². The number of methoxy groups -OCH3 is 1. The summed E-state index contributed by atoms with van der Waals surface area (Å²) >= 11 is 4.40. The van der Waals surface area contributed by atoms with Crippen LogP contribution >= 0.6 is 12.6 Å². The molecule has 1 fully saturated rings. The van der Waals surface area contributed by atoms with Crippen LogP contribution in [0.5, 0.6) is 0 Å². The minimum Gasteiger partial charge on any atom is -0.384 e. The summed E-state index contributed by atoms with van der Waals surface area (Å²) in [7, 11) is 1.81. The molecule has 1 atom stereocenters. The van der Waals surface area contributed by atoms with Crippen molar-refractivity contribution < 1.29 is 4.74 Å². The molecule has 0 aliphatic carbocycles. The van der Waals surface area contributed by atoms with Gasteiger partial charge in [-0.25, -0.2) is 0 Å². The highest BCUT2D eigenvalue weighted by atomic mass is 32.1. The minimum atomic E-state index is 0.771. The Morgan fingerprint density at radius 1 is 1.40 bits per heavy atom. The highest BCUT2D eigenvalue weighted by Gasteiger charge is 2.20. The first-order valence-electron chi connectivity index (χ1n) is 6.12. The van der Waals surface area contributed by atoms with Gasteiger partial charge in [-0.3, -0.25) is 0 Å². The van der Waals surface area contributed by atoms with E-state index in [1.54, 1.807) is 7.11 Å². The van der Waals surface area contributed by atoms with E-state index >= 15 is 0 Å². The summed E-state index contributed by atoms with van der Waals surface area (Å²) in [6.45, 7) is 6.94. The van der Waals surface area contributed by atoms with Crippen molar-refractivity contribution in [2.75, 3.05) is 39.1 Å². The fourth-order valence-electron chi connectivity index (χ4n) is 2.25. The molecule has 0 aromatic rings. The standard InChI is InChI=1S/C12H25NOS/c1-3-11(10-15)8-13-6-4-12(5-7-13)9-14-2/h11-12,15H,3-10H2,1-2H3. The molecular weight excluding hydrogens is 206 g/mol. The molecule has 0 aromatic heterocycles. The van der Waals surface area contributed by atoms with E-state index in [9.17, 15) is 0 Å². The third-order valence-corrected chi connectivity index (χ3v) is 3.98. The predicted octanol–water partition coefficient (Wildman–Crippen LogP) is 2.30. The van der Waals surface area contributed by atoms with Gasteiger partial charge < -0.3 is 9.64 Å². The zero-order chi connectivity index (χ0) is 11.1. The fraction of sp³-hybridized carbons (Fsp3) is 1.00. The van der Waals surface area contributed by atoms with Gasteiger partial charge in [0, 0.05) is 20.3 Å². The zero-order valence-corrected chi connectivity index (χ0v) is 11.0. The third-order valence-electron chi connectivity index (χ3n) is 3.46. The third kappa shape index (κ3) is 4.75. The summed E-state index contributed by atoms with van der Waals surface area (Å²) in [6.07, 6.45) is 3.86. The predicted molar refractivity (Wildman–Crippen MR) is 68.7 cm³/mol. The smallest absolute Gasteiger partial charge is 0.0491 e. The number of piperidine rings is 1. The Morgan fingerprint density at radius 3 is 2.53 bits per heavy atom. The SMILES string of the molecule is CCC(CS)CN1CCC(COC)CC1. The quantitative estimate of drug-likeness (QED) is 0.704. The highest BCUT2D eigenvalue weighted by molar-refractivity contribution is 7.80. The Labute approximate surface area is 99.8 Å². The maximum absolute atomic E-state index is 5.21. The molecule has 1 heterocycles. The van der Waals surface area contributed by atoms with Gasteiger partial charge in [0.2, 0.25) is 0 Å². The van der Waals surface area contributed by atoms with Crippen LogP contribution in [-0.2, 0) is 4.74 Å². The van der Waals surface area contributed by atoms with E-state index in [-0.39, 0.29) is 0 Å². The summed E-state index contributed by atoms with van der Waals surface area (Å²) < 4.78 is 5.21. The first-order valence-corrected chi connectivity index (χ1v) is 6.75. The van der Waals surface area contributed by atoms with Crippen LogP contribution in [0.4, 0.5) is 0 Å². The Balaban J connectivity index is 2.19. The molecule has 90 valence electrons. The number of nitrogens with zero attached hydrogens (tertiary/aromatic N) is 1. The number of thiol groups is 1. The van der Waals surface area contributed by atoms with Gasteiger partial charge in [0.15, 0.2) is 0 Å². The van der Waals surface area contributed by atoms with Gasteiger partial charge >= 0.3 is 0 Å². The molecule has 1 aliphatic heterocycles. The molecule has 3 heteroatoms. The van der Waals surface area contributed by atoms with E-state index in [4.69, 9.17) is 4.74 Å². The topological polar surface area (TPSA) is 12.5 Å². The molecule has 1 aliphatic rings. The molecule has 1 rings (SSSR count). The molecule has 1 unspecified atom stereocenters. The van der Waals surface area contributed by atoms with Crippen LogP contribution in [0, 0.1) is 11.8 Å². The number of likely N-dealkylation sites (tertiary alicyclic amines) is 1. The van der Waals surface area contributed by atoms with Crippen molar-refractivity contribution in [1.29, 1.82) is 0 Å². The van der Waals surface area contributed by atoms with Crippen LogP contribution in [0.1, 0.15) is 26.2 Å². The van der Waals surface area contributed by atoms with Crippen molar-refractivity contribution in [2.45, 2.75) is 26.2 Å². The number of hydrogen-bond donors (Lipinski definition) is 1. The van der Waals surface area contributed by atoms with Crippen molar-refractivity contribution in [3.8, 4) is 0 Å². The Bertz CT molecular complexity index is 154. The highest BCUT2D eigenvalue weighted by Crippen LogP contribution is 2.19. The molecule has 0 spiro atoms. The normalized spacial score (nSPS) is 21.8. The average molecular weight is 231 g/mol. The van der Waals surface area contributed by atoms with Crippen molar-refractivity contribution in [3.63, 3.8) is 0 Å². The molecule has 0 amide bonds. The van der Waals surface area contributed by atoms with Crippen molar-refractivity contribution in [3.05, 3.63) is 0 Å². The van der Waals surface area contributed by atoms with Gasteiger partial charge in [0.25, 0.3) is 0 Å². The van der Waals surface area contributed by atoms with E-state index in [0.717, 1.165) is 24.2 Å². The second-order valence-corrected chi connectivity index (χ2v) is 5.02. The molecule has 0 bridgehead atoms. The van der Waals surface area contributed by atoms with Crippen molar-refractivity contribution >= 4 is 12.6 Å². The second-order valence-electron chi connectivity index (χ2n) is 4.66. The van der Waals surface area contributed by atoms with Crippen LogP contribution < -0.4 is 0 Å². The molecule has 0 saturated carbocycles. The first kappa shape index (κ1) is 13.3. The molecule has 0 radical (unpaired) electrons. The fourth-order valence-corrected chi connectivity index (χ4v) is 2.63. The minimum absolute atomic E-state index is 0.771. The Hall–Kier alpha value is 0.270. The zero-order valence-electron chi connectivity index (χ0n) is 10.1. The van der Waals surface area contributed by atoms with Gasteiger partial charge in [-0.05, 0) is 43.5 Å². The van der Waals surface area contributed by atoms with E-state index in [1.165, 1.54) is 38.9 Å². The average Bonchev–Trinajstić information content (AvgIpc) is 2.28. The molecule has 15 heavy (non-hydrogen) atoms. The van der Waals surface area contributed by atoms with Crippen LogP contribution in [-0.4, -0.2) is 44.0 Å². The largest absolute Gasteiger partial charge is 0.384 e. The molecule has 2 nitrogen and oxygen atoms in total. The lowest BCUT2D eigenvalue weighted by atomic mass is 9.96. The van der Waals surface area contributed by atoms with Gasteiger partial charge in [-0.2, -0.15) is 12.6 Å². The van der Waals surface area contributed by atoms with Crippen LogP contribution in [0.15, 0.2) is 0 Å². The molecule has 1 saturated heterocycles. The lowest BCUT2D eigenvalue weighted by molar-refractivity contribution is 0.0937. The molecule has 0 N–H and O–H groups in total. The van der Waals surface area contributed by atoms with Gasteiger partial charge in [0.1, 0.15) is 0 Å². The maximum atomic E-state index is 5.21. The van der Waals surface area contributed by atoms with Gasteiger partial charge in [-0.15, -0.1) is 0 Å². The van der Waals surface area contributed by atoms with Crippen LogP contribution in [0.2, 0.25) is 0 Å². The van der Waals surface area contributed by atoms with E-state index < -0.39 is 0 Å². The van der Waals surface area contributed by atoms with Gasteiger partial charge in [0.05, 0.1) is 0 Å². The van der Waals surface area contributed by atoms with Gasteiger partial charge in [-0.1, -0.05) is 13.3 Å².